The molecule has 0 saturated carbocycles. The Bertz CT molecular complexity index is 888. The molecule has 0 aromatic carbocycles. The van der Waals surface area contributed by atoms with Gasteiger partial charge in [-0.05, 0) is 49.2 Å². The summed E-state index contributed by atoms with van der Waals surface area (Å²) in [5.74, 6) is 9.13. The minimum Gasteiger partial charge on any atom is -0.255 e. The molecule has 0 saturated heterocycles. The molecule has 0 radical (unpaired) electrons. The average Bonchev–Trinajstić information content (AvgIpc) is 2.72. The molecule has 3 heterocycles. The molecule has 3 nitrogen and oxygen atoms in total. The van der Waals surface area contributed by atoms with Crippen molar-refractivity contribution in [2.75, 3.05) is 0 Å². The van der Waals surface area contributed by atoms with Gasteiger partial charge in [-0.1, -0.05) is 24.0 Å². The molecule has 3 heteroatoms. The second-order valence-corrected chi connectivity index (χ2v) is 5.77. The number of unbranched alkanes of at least 4 members (excludes halogenated alkanes) is 3. The lowest BCUT2D eigenvalue weighted by atomic mass is 10.1. The molecular formula is C23H19N3. The van der Waals surface area contributed by atoms with E-state index < -0.39 is 0 Å². The van der Waals surface area contributed by atoms with Crippen LogP contribution in [0.1, 0.15) is 31.2 Å². The second-order valence-electron chi connectivity index (χ2n) is 5.77. The summed E-state index contributed by atoms with van der Waals surface area (Å²) in [6.07, 6.45) is 12.5. The van der Waals surface area contributed by atoms with Gasteiger partial charge in [0.2, 0.25) is 0 Å². The summed E-state index contributed by atoms with van der Waals surface area (Å²) in [6.45, 7) is 0. The van der Waals surface area contributed by atoms with Gasteiger partial charge < -0.3 is 0 Å². The zero-order valence-electron chi connectivity index (χ0n) is 14.5. The fourth-order valence-corrected chi connectivity index (χ4v) is 2.50. The Morgan fingerprint density at radius 1 is 0.769 bits per heavy atom. The largest absolute Gasteiger partial charge is 0.255 e. The highest BCUT2D eigenvalue weighted by Gasteiger charge is 2.07. The van der Waals surface area contributed by atoms with Crippen LogP contribution in [-0.2, 0) is 0 Å². The average molecular weight is 337 g/mol. The van der Waals surface area contributed by atoms with Crippen LogP contribution in [0.4, 0.5) is 0 Å². The summed E-state index contributed by atoms with van der Waals surface area (Å²) in [7, 11) is 0. The molecule has 0 amide bonds. The summed E-state index contributed by atoms with van der Waals surface area (Å²) in [4.78, 5) is 13.5. The molecule has 0 unspecified atom stereocenters. The van der Waals surface area contributed by atoms with E-state index in [9.17, 15) is 0 Å². The van der Waals surface area contributed by atoms with Gasteiger partial charge in [-0.2, -0.15) is 0 Å². The first-order valence-electron chi connectivity index (χ1n) is 8.64. The van der Waals surface area contributed by atoms with Gasteiger partial charge in [0.25, 0.3) is 0 Å². The second kappa shape index (κ2) is 9.16. The molecule has 126 valence electrons. The number of rotatable bonds is 5. The highest BCUT2D eigenvalue weighted by Crippen LogP contribution is 2.22. The summed E-state index contributed by atoms with van der Waals surface area (Å²) >= 11 is 0. The maximum atomic E-state index is 5.27. The van der Waals surface area contributed by atoms with E-state index >= 15 is 0 Å². The molecule has 0 fully saturated rings. The van der Waals surface area contributed by atoms with Crippen LogP contribution in [0.15, 0.2) is 60.9 Å². The minimum absolute atomic E-state index is 0.797. The topological polar surface area (TPSA) is 38.7 Å². The highest BCUT2D eigenvalue weighted by molar-refractivity contribution is 5.65. The van der Waals surface area contributed by atoms with Crippen LogP contribution < -0.4 is 0 Å². The zero-order valence-corrected chi connectivity index (χ0v) is 14.5. The lowest BCUT2D eigenvalue weighted by Crippen LogP contribution is -1.93. The molecular weight excluding hydrogens is 318 g/mol. The van der Waals surface area contributed by atoms with Gasteiger partial charge >= 0.3 is 0 Å². The Labute approximate surface area is 154 Å². The summed E-state index contributed by atoms with van der Waals surface area (Å²) < 4.78 is 0. The normalized spacial score (nSPS) is 9.81. The van der Waals surface area contributed by atoms with E-state index in [2.05, 4.69) is 27.7 Å². The number of terminal acetylenes is 1. The van der Waals surface area contributed by atoms with Crippen molar-refractivity contribution in [3.63, 3.8) is 0 Å². The molecule has 3 aromatic heterocycles. The quantitative estimate of drug-likeness (QED) is 0.498. The van der Waals surface area contributed by atoms with Gasteiger partial charge in [0.05, 0.1) is 22.8 Å². The van der Waals surface area contributed by atoms with Gasteiger partial charge in [-0.3, -0.25) is 9.97 Å². The monoisotopic (exact) mass is 337 g/mol. The standard InChI is InChI=1S/C23H19N3/c1-2-3-4-5-6-7-12-19-17-22(20-13-8-10-15-24-20)26-23(18-19)21-14-9-11-16-25-21/h1,8-11,13-18H,3-6H2. The van der Waals surface area contributed by atoms with Gasteiger partial charge in [0, 0.05) is 30.8 Å². The highest BCUT2D eigenvalue weighted by atomic mass is 14.8. The Hall–Kier alpha value is -3.43. The Morgan fingerprint density at radius 2 is 1.38 bits per heavy atom. The SMILES string of the molecule is C#CCCCCC#Cc1cc(-c2ccccn2)nc(-c2ccccn2)c1. The number of pyridine rings is 3. The third-order valence-corrected chi connectivity index (χ3v) is 3.79. The van der Waals surface area contributed by atoms with Crippen molar-refractivity contribution >= 4 is 0 Å². The van der Waals surface area contributed by atoms with Crippen molar-refractivity contribution in [1.29, 1.82) is 0 Å². The van der Waals surface area contributed by atoms with Crippen molar-refractivity contribution in [2.24, 2.45) is 0 Å². The van der Waals surface area contributed by atoms with Crippen molar-refractivity contribution in [3.8, 4) is 47.0 Å². The van der Waals surface area contributed by atoms with Crippen molar-refractivity contribution in [2.45, 2.75) is 25.7 Å². The molecule has 0 spiro atoms. The van der Waals surface area contributed by atoms with E-state index in [1.807, 2.05) is 48.5 Å². The first-order valence-corrected chi connectivity index (χ1v) is 8.64. The maximum absolute atomic E-state index is 5.27. The van der Waals surface area contributed by atoms with Gasteiger partial charge in [-0.15, -0.1) is 12.3 Å². The molecule has 26 heavy (non-hydrogen) atoms. The van der Waals surface area contributed by atoms with Gasteiger partial charge in [0.1, 0.15) is 0 Å². The molecule has 0 aliphatic heterocycles. The molecule has 0 bridgehead atoms. The Morgan fingerprint density at radius 3 is 1.92 bits per heavy atom. The molecule has 0 aliphatic carbocycles. The minimum atomic E-state index is 0.797. The first kappa shape index (κ1) is 17.4. The smallest absolute Gasteiger partial charge is 0.0906 e. The Balaban J connectivity index is 1.91. The summed E-state index contributed by atoms with van der Waals surface area (Å²) in [6, 6.07) is 15.5. The lowest BCUT2D eigenvalue weighted by molar-refractivity contribution is 0.783. The van der Waals surface area contributed by atoms with E-state index in [0.29, 0.717) is 0 Å². The molecule has 3 aromatic rings. The van der Waals surface area contributed by atoms with Gasteiger partial charge in [0.15, 0.2) is 0 Å². The first-order chi connectivity index (χ1) is 12.9. The van der Waals surface area contributed by atoms with Crippen molar-refractivity contribution < 1.29 is 0 Å². The summed E-state index contributed by atoms with van der Waals surface area (Å²) in [5, 5.41) is 0. The fraction of sp³-hybridized carbons (Fsp3) is 0.174. The molecule has 0 atom stereocenters. The number of hydrogen-bond acceptors (Lipinski definition) is 3. The molecule has 0 aliphatic rings. The predicted octanol–water partition coefficient (Wildman–Crippen LogP) is 4.75. The van der Waals surface area contributed by atoms with Crippen LogP contribution in [0, 0.1) is 24.2 Å². The van der Waals surface area contributed by atoms with Crippen LogP contribution in [0.5, 0.6) is 0 Å². The van der Waals surface area contributed by atoms with E-state index in [1.54, 1.807) is 12.4 Å². The molecule has 3 rings (SSSR count). The van der Waals surface area contributed by atoms with E-state index in [0.717, 1.165) is 54.0 Å². The van der Waals surface area contributed by atoms with E-state index in [1.165, 1.54) is 0 Å². The third-order valence-electron chi connectivity index (χ3n) is 3.79. The Kier molecular flexibility index (Phi) is 6.13. The fourth-order valence-electron chi connectivity index (χ4n) is 2.50. The van der Waals surface area contributed by atoms with Crippen LogP contribution in [-0.4, -0.2) is 15.0 Å². The maximum Gasteiger partial charge on any atom is 0.0906 e. The van der Waals surface area contributed by atoms with E-state index in [4.69, 9.17) is 11.4 Å². The number of nitrogens with zero attached hydrogens (tertiary/aromatic N) is 3. The van der Waals surface area contributed by atoms with Crippen molar-refractivity contribution in [3.05, 3.63) is 66.5 Å². The third kappa shape index (κ3) is 4.79. The van der Waals surface area contributed by atoms with E-state index in [-0.39, 0.29) is 0 Å². The lowest BCUT2D eigenvalue weighted by Gasteiger charge is -2.05. The summed E-state index contributed by atoms with van der Waals surface area (Å²) in [5.41, 5.74) is 4.15. The number of hydrogen-bond donors (Lipinski definition) is 0. The van der Waals surface area contributed by atoms with Crippen molar-refractivity contribution in [1.82, 2.24) is 15.0 Å². The predicted molar refractivity (Wildman–Crippen MR) is 105 cm³/mol. The van der Waals surface area contributed by atoms with Crippen LogP contribution in [0.2, 0.25) is 0 Å². The van der Waals surface area contributed by atoms with Gasteiger partial charge in [-0.25, -0.2) is 4.98 Å². The van der Waals surface area contributed by atoms with Crippen LogP contribution >= 0.6 is 0 Å². The number of aromatic nitrogens is 3. The zero-order chi connectivity index (χ0) is 18.0. The van der Waals surface area contributed by atoms with Crippen LogP contribution in [0.25, 0.3) is 22.8 Å². The van der Waals surface area contributed by atoms with Crippen LogP contribution in [0.3, 0.4) is 0 Å². The molecule has 0 N–H and O–H groups in total.